The minimum Gasteiger partial charge on any atom is -0.308 e. The molecule has 3 heteroatoms. The summed E-state index contributed by atoms with van der Waals surface area (Å²) in [5, 5.41) is 0. The van der Waals surface area contributed by atoms with Crippen LogP contribution in [0, 0.1) is 0 Å². The molecule has 1 amide bonds. The molecule has 112 valence electrons. The van der Waals surface area contributed by atoms with Gasteiger partial charge in [-0.1, -0.05) is 61.2 Å². The fourth-order valence-corrected chi connectivity index (χ4v) is 2.22. The van der Waals surface area contributed by atoms with Gasteiger partial charge in [0.2, 0.25) is 5.91 Å². The monoisotopic (exact) mass is 293 g/mol. The largest absolute Gasteiger partial charge is 0.308 e. The smallest absolute Gasteiger partial charge is 0.224 e. The van der Waals surface area contributed by atoms with Crippen molar-refractivity contribution < 1.29 is 9.59 Å². The Labute approximate surface area is 130 Å². The number of benzene rings is 2. The van der Waals surface area contributed by atoms with Crippen molar-refractivity contribution in [3.63, 3.8) is 0 Å². The lowest BCUT2D eigenvalue weighted by molar-refractivity contribution is -0.126. The van der Waals surface area contributed by atoms with Crippen LogP contribution in [0.2, 0.25) is 0 Å². The van der Waals surface area contributed by atoms with E-state index in [1.807, 2.05) is 42.5 Å². The van der Waals surface area contributed by atoms with E-state index in [4.69, 9.17) is 0 Å². The Kier molecular flexibility index (Phi) is 4.89. The molecule has 2 aromatic carbocycles. The van der Waals surface area contributed by atoms with Crippen molar-refractivity contribution in [3.8, 4) is 0 Å². The summed E-state index contributed by atoms with van der Waals surface area (Å²) in [7, 11) is 0. The SMILES string of the molecule is C=C(c1ccc(C(C)=O)cc1)N(Cc1ccccc1)C(C)=O. The molecule has 0 aromatic heterocycles. The van der Waals surface area contributed by atoms with E-state index in [2.05, 4.69) is 6.58 Å². The van der Waals surface area contributed by atoms with Gasteiger partial charge >= 0.3 is 0 Å². The van der Waals surface area contributed by atoms with Crippen molar-refractivity contribution in [1.29, 1.82) is 0 Å². The first-order valence-electron chi connectivity index (χ1n) is 7.11. The highest BCUT2D eigenvalue weighted by Crippen LogP contribution is 2.21. The lowest BCUT2D eigenvalue weighted by Gasteiger charge is -2.24. The first kappa shape index (κ1) is 15.7. The molecule has 0 aliphatic carbocycles. The van der Waals surface area contributed by atoms with Crippen LogP contribution >= 0.6 is 0 Å². The van der Waals surface area contributed by atoms with E-state index in [0.29, 0.717) is 17.8 Å². The average Bonchev–Trinajstić information content (AvgIpc) is 2.53. The van der Waals surface area contributed by atoms with Gasteiger partial charge in [0.25, 0.3) is 0 Å². The Balaban J connectivity index is 2.23. The molecule has 22 heavy (non-hydrogen) atoms. The second-order valence-corrected chi connectivity index (χ2v) is 5.17. The van der Waals surface area contributed by atoms with Crippen LogP contribution in [0.3, 0.4) is 0 Å². The van der Waals surface area contributed by atoms with E-state index in [9.17, 15) is 9.59 Å². The minimum absolute atomic E-state index is 0.0184. The molecule has 3 nitrogen and oxygen atoms in total. The van der Waals surface area contributed by atoms with E-state index in [1.165, 1.54) is 13.8 Å². The van der Waals surface area contributed by atoms with Crippen LogP contribution in [0.5, 0.6) is 0 Å². The normalized spacial score (nSPS) is 10.1. The van der Waals surface area contributed by atoms with Gasteiger partial charge in [0.15, 0.2) is 5.78 Å². The minimum atomic E-state index is -0.0653. The number of carbonyl (C=O) groups excluding carboxylic acids is 2. The summed E-state index contributed by atoms with van der Waals surface area (Å²) in [6, 6.07) is 16.9. The zero-order chi connectivity index (χ0) is 16.1. The molecule has 2 aromatic rings. The Morgan fingerprint density at radius 2 is 1.45 bits per heavy atom. The van der Waals surface area contributed by atoms with E-state index < -0.39 is 0 Å². The molecule has 0 aliphatic rings. The lowest BCUT2D eigenvalue weighted by Crippen LogP contribution is -2.26. The summed E-state index contributed by atoms with van der Waals surface area (Å²) >= 11 is 0. The second kappa shape index (κ2) is 6.85. The summed E-state index contributed by atoms with van der Waals surface area (Å²) in [5.41, 5.74) is 3.15. The third-order valence-electron chi connectivity index (χ3n) is 3.51. The number of ketones is 1. The number of amides is 1. The average molecular weight is 293 g/mol. The number of hydrogen-bond donors (Lipinski definition) is 0. The molecule has 0 N–H and O–H groups in total. The molecule has 0 spiro atoms. The fraction of sp³-hybridized carbons (Fsp3) is 0.158. The van der Waals surface area contributed by atoms with E-state index in [1.54, 1.807) is 17.0 Å². The summed E-state index contributed by atoms with van der Waals surface area (Å²) < 4.78 is 0. The summed E-state index contributed by atoms with van der Waals surface area (Å²) in [5.74, 6) is -0.0469. The lowest BCUT2D eigenvalue weighted by atomic mass is 10.1. The van der Waals surface area contributed by atoms with Gasteiger partial charge in [-0.05, 0) is 18.1 Å². The van der Waals surface area contributed by atoms with Crippen molar-refractivity contribution >= 4 is 17.4 Å². The molecule has 0 radical (unpaired) electrons. The number of Topliss-reactive ketones (excluding diaryl/α,β-unsaturated/α-hetero) is 1. The van der Waals surface area contributed by atoms with Gasteiger partial charge in [-0.15, -0.1) is 0 Å². The molecule has 0 bridgehead atoms. The van der Waals surface area contributed by atoms with Crippen LogP contribution in [-0.4, -0.2) is 16.6 Å². The summed E-state index contributed by atoms with van der Waals surface area (Å²) in [4.78, 5) is 24.9. The van der Waals surface area contributed by atoms with Crippen LogP contribution in [-0.2, 0) is 11.3 Å². The molecule has 2 rings (SSSR count). The highest BCUT2D eigenvalue weighted by atomic mass is 16.2. The van der Waals surface area contributed by atoms with Crippen molar-refractivity contribution in [3.05, 3.63) is 77.9 Å². The molecule has 0 heterocycles. The topological polar surface area (TPSA) is 37.4 Å². The second-order valence-electron chi connectivity index (χ2n) is 5.17. The van der Waals surface area contributed by atoms with Crippen molar-refractivity contribution in [2.45, 2.75) is 20.4 Å². The predicted molar refractivity (Wildman–Crippen MR) is 88.1 cm³/mol. The molecule has 0 fully saturated rings. The molecule has 0 aliphatic heterocycles. The Morgan fingerprint density at radius 1 is 0.909 bits per heavy atom. The maximum Gasteiger partial charge on any atom is 0.224 e. The van der Waals surface area contributed by atoms with Gasteiger partial charge in [-0.2, -0.15) is 0 Å². The molecular weight excluding hydrogens is 274 g/mol. The number of hydrogen-bond acceptors (Lipinski definition) is 2. The Bertz CT molecular complexity index is 687. The van der Waals surface area contributed by atoms with Crippen LogP contribution in [0.4, 0.5) is 0 Å². The predicted octanol–water partition coefficient (Wildman–Crippen LogP) is 3.91. The first-order valence-corrected chi connectivity index (χ1v) is 7.11. The maximum absolute atomic E-state index is 11.9. The number of nitrogens with zero attached hydrogens (tertiary/aromatic N) is 1. The summed E-state index contributed by atoms with van der Waals surface area (Å²) in [6.45, 7) is 7.57. The van der Waals surface area contributed by atoms with Gasteiger partial charge < -0.3 is 4.90 Å². The summed E-state index contributed by atoms with van der Waals surface area (Å²) in [6.07, 6.45) is 0. The maximum atomic E-state index is 11.9. The van der Waals surface area contributed by atoms with Crippen LogP contribution in [0.25, 0.3) is 5.70 Å². The van der Waals surface area contributed by atoms with Crippen molar-refractivity contribution in [2.75, 3.05) is 0 Å². The standard InChI is InChI=1S/C19H19NO2/c1-14(18-9-11-19(12-10-18)15(2)21)20(16(3)22)13-17-7-5-4-6-8-17/h4-12H,1,13H2,2-3H3. The van der Waals surface area contributed by atoms with E-state index in [0.717, 1.165) is 11.1 Å². The van der Waals surface area contributed by atoms with Crippen LogP contribution in [0.15, 0.2) is 61.2 Å². The van der Waals surface area contributed by atoms with Gasteiger partial charge in [-0.25, -0.2) is 0 Å². The zero-order valence-corrected chi connectivity index (χ0v) is 12.9. The molecule has 0 saturated heterocycles. The molecule has 0 unspecified atom stereocenters. The highest BCUT2D eigenvalue weighted by Gasteiger charge is 2.15. The van der Waals surface area contributed by atoms with Gasteiger partial charge in [0, 0.05) is 18.2 Å². The van der Waals surface area contributed by atoms with E-state index in [-0.39, 0.29) is 11.7 Å². The number of carbonyl (C=O) groups is 2. The third-order valence-corrected chi connectivity index (χ3v) is 3.51. The van der Waals surface area contributed by atoms with E-state index >= 15 is 0 Å². The molecular formula is C19H19NO2. The Hall–Kier alpha value is -2.68. The van der Waals surface area contributed by atoms with Crippen molar-refractivity contribution in [1.82, 2.24) is 4.90 Å². The Morgan fingerprint density at radius 3 is 1.95 bits per heavy atom. The van der Waals surface area contributed by atoms with Gasteiger partial charge in [-0.3, -0.25) is 9.59 Å². The van der Waals surface area contributed by atoms with Gasteiger partial charge in [0.05, 0.1) is 6.54 Å². The van der Waals surface area contributed by atoms with Gasteiger partial charge in [0.1, 0.15) is 0 Å². The quantitative estimate of drug-likeness (QED) is 0.784. The van der Waals surface area contributed by atoms with Crippen LogP contribution in [0.1, 0.15) is 35.3 Å². The van der Waals surface area contributed by atoms with Crippen molar-refractivity contribution in [2.24, 2.45) is 0 Å². The fourth-order valence-electron chi connectivity index (χ4n) is 2.22. The molecule has 0 atom stereocenters. The third kappa shape index (κ3) is 3.70. The van der Waals surface area contributed by atoms with Crippen LogP contribution < -0.4 is 0 Å². The number of rotatable bonds is 5. The highest BCUT2D eigenvalue weighted by molar-refractivity contribution is 5.94. The zero-order valence-electron chi connectivity index (χ0n) is 12.9. The first-order chi connectivity index (χ1) is 10.5. The molecule has 0 saturated carbocycles.